The molecule has 1 N–H and O–H groups in total. The Hall–Kier alpha value is -1.79. The number of methoxy groups -OCH3 is 1. The maximum Gasteiger partial charge on any atom is 0.323 e. The summed E-state index contributed by atoms with van der Waals surface area (Å²) in [5.41, 5.74) is -0.627. The molecule has 0 rings (SSSR count). The van der Waals surface area contributed by atoms with Crippen LogP contribution in [0.25, 0.3) is 0 Å². The molecule has 7 nitrogen and oxygen atoms in total. The summed E-state index contributed by atoms with van der Waals surface area (Å²) >= 11 is 0. The molecule has 0 heterocycles. The Kier molecular flexibility index (Phi) is 6.48. The third-order valence-electron chi connectivity index (χ3n) is 2.81. The molecule has 0 fully saturated rings. The van der Waals surface area contributed by atoms with Crippen LogP contribution in [0, 0.1) is 5.92 Å². The highest BCUT2D eigenvalue weighted by atomic mass is 16.5. The van der Waals surface area contributed by atoms with Crippen molar-refractivity contribution in [2.24, 2.45) is 5.92 Å². The molecule has 7 heteroatoms. The molecule has 0 aliphatic heterocycles. The zero-order chi connectivity index (χ0) is 16.1. The first-order chi connectivity index (χ1) is 9.00. The topological polar surface area (TPSA) is 87.2 Å². The minimum absolute atomic E-state index is 0.164. The summed E-state index contributed by atoms with van der Waals surface area (Å²) in [6, 6.07) is -0.435. The standard InChI is InChI=1S/C13H24N2O5/c1-9(11(18)20-6)7-14(5)12(19)15(8-10(16)17)13(2,3)4/h9H,7-8H2,1-6H3,(H,16,17). The number of aliphatic carboxylic acids is 1. The fourth-order valence-corrected chi connectivity index (χ4v) is 1.70. The van der Waals surface area contributed by atoms with Gasteiger partial charge in [0.15, 0.2) is 0 Å². The first-order valence-corrected chi connectivity index (χ1v) is 6.33. The van der Waals surface area contributed by atoms with Crippen LogP contribution < -0.4 is 0 Å². The van der Waals surface area contributed by atoms with Crippen molar-refractivity contribution in [3.63, 3.8) is 0 Å². The molecular weight excluding hydrogens is 264 g/mol. The molecule has 20 heavy (non-hydrogen) atoms. The summed E-state index contributed by atoms with van der Waals surface area (Å²) in [4.78, 5) is 37.1. The number of carboxylic acid groups (broad SMARTS) is 1. The van der Waals surface area contributed by atoms with Crippen LogP contribution in [0.1, 0.15) is 27.7 Å². The van der Waals surface area contributed by atoms with E-state index in [0.29, 0.717) is 0 Å². The second-order valence-electron chi connectivity index (χ2n) is 5.74. The molecule has 116 valence electrons. The van der Waals surface area contributed by atoms with Gasteiger partial charge in [0.25, 0.3) is 0 Å². The minimum atomic E-state index is -1.08. The van der Waals surface area contributed by atoms with Crippen molar-refractivity contribution in [2.45, 2.75) is 33.2 Å². The first kappa shape index (κ1) is 18.2. The maximum absolute atomic E-state index is 12.3. The number of carbonyl (C=O) groups excluding carboxylic acids is 2. The van der Waals surface area contributed by atoms with Crippen molar-refractivity contribution in [1.82, 2.24) is 9.80 Å². The van der Waals surface area contributed by atoms with Gasteiger partial charge in [0.2, 0.25) is 0 Å². The molecule has 1 unspecified atom stereocenters. The Morgan fingerprint density at radius 3 is 2.10 bits per heavy atom. The van der Waals surface area contributed by atoms with Crippen LogP contribution in [0.5, 0.6) is 0 Å². The fourth-order valence-electron chi connectivity index (χ4n) is 1.70. The largest absolute Gasteiger partial charge is 0.480 e. The van der Waals surface area contributed by atoms with E-state index in [9.17, 15) is 14.4 Å². The van der Waals surface area contributed by atoms with E-state index < -0.39 is 29.4 Å². The van der Waals surface area contributed by atoms with E-state index in [1.54, 1.807) is 27.7 Å². The lowest BCUT2D eigenvalue weighted by atomic mass is 10.1. The average molecular weight is 288 g/mol. The number of hydrogen-bond donors (Lipinski definition) is 1. The molecule has 2 amide bonds. The van der Waals surface area contributed by atoms with E-state index in [2.05, 4.69) is 4.74 Å². The summed E-state index contributed by atoms with van der Waals surface area (Å²) in [7, 11) is 2.81. The Labute approximate surface area is 119 Å². The van der Waals surface area contributed by atoms with Gasteiger partial charge in [-0.2, -0.15) is 0 Å². The van der Waals surface area contributed by atoms with Crippen LogP contribution in [-0.4, -0.2) is 65.7 Å². The van der Waals surface area contributed by atoms with Crippen molar-refractivity contribution in [3.8, 4) is 0 Å². The lowest BCUT2D eigenvalue weighted by Crippen LogP contribution is -2.53. The number of rotatable bonds is 5. The second-order valence-corrected chi connectivity index (χ2v) is 5.74. The highest BCUT2D eigenvalue weighted by Crippen LogP contribution is 2.16. The summed E-state index contributed by atoms with van der Waals surface area (Å²) in [6.45, 7) is 6.69. The van der Waals surface area contributed by atoms with Crippen molar-refractivity contribution in [1.29, 1.82) is 0 Å². The molecule has 0 bridgehead atoms. The molecule has 0 saturated carbocycles. The van der Waals surface area contributed by atoms with E-state index >= 15 is 0 Å². The Balaban J connectivity index is 4.89. The zero-order valence-corrected chi connectivity index (χ0v) is 13.0. The van der Waals surface area contributed by atoms with Crippen molar-refractivity contribution in [2.75, 3.05) is 27.2 Å². The number of carboxylic acids is 1. The fraction of sp³-hybridized carbons (Fsp3) is 0.769. The number of esters is 1. The number of nitrogens with zero attached hydrogens (tertiary/aromatic N) is 2. The summed E-state index contributed by atoms with van der Waals surface area (Å²) in [6.07, 6.45) is 0. The first-order valence-electron chi connectivity index (χ1n) is 6.33. The summed E-state index contributed by atoms with van der Waals surface area (Å²) in [5, 5.41) is 8.90. The maximum atomic E-state index is 12.3. The minimum Gasteiger partial charge on any atom is -0.480 e. The number of hydrogen-bond acceptors (Lipinski definition) is 4. The predicted octanol–water partition coefficient (Wildman–Crippen LogP) is 1.03. The Morgan fingerprint density at radius 1 is 1.25 bits per heavy atom. The molecule has 0 aliphatic carbocycles. The van der Waals surface area contributed by atoms with E-state index in [-0.39, 0.29) is 13.1 Å². The molecule has 0 aromatic rings. The Morgan fingerprint density at radius 2 is 1.75 bits per heavy atom. The van der Waals surface area contributed by atoms with Crippen molar-refractivity contribution >= 4 is 18.0 Å². The quantitative estimate of drug-likeness (QED) is 0.764. The van der Waals surface area contributed by atoms with E-state index in [0.717, 1.165) is 0 Å². The van der Waals surface area contributed by atoms with Gasteiger partial charge in [0, 0.05) is 19.1 Å². The number of urea groups is 1. The number of amides is 2. The van der Waals surface area contributed by atoms with Crippen LogP contribution >= 0.6 is 0 Å². The van der Waals surface area contributed by atoms with Gasteiger partial charge in [0.05, 0.1) is 13.0 Å². The van der Waals surface area contributed by atoms with E-state index in [1.807, 2.05) is 0 Å². The molecule has 0 radical (unpaired) electrons. The molecule has 0 aliphatic rings. The van der Waals surface area contributed by atoms with E-state index in [1.165, 1.54) is 24.0 Å². The molecular formula is C13H24N2O5. The van der Waals surface area contributed by atoms with Gasteiger partial charge in [-0.25, -0.2) is 4.79 Å². The van der Waals surface area contributed by atoms with Crippen LogP contribution in [0.4, 0.5) is 4.79 Å². The van der Waals surface area contributed by atoms with Crippen molar-refractivity contribution in [3.05, 3.63) is 0 Å². The smallest absolute Gasteiger partial charge is 0.323 e. The van der Waals surface area contributed by atoms with Gasteiger partial charge in [-0.1, -0.05) is 6.92 Å². The van der Waals surface area contributed by atoms with Crippen LogP contribution in [0.15, 0.2) is 0 Å². The molecule has 0 aromatic heterocycles. The monoisotopic (exact) mass is 288 g/mol. The lowest BCUT2D eigenvalue weighted by molar-refractivity contribution is -0.145. The SMILES string of the molecule is COC(=O)C(C)CN(C)C(=O)N(CC(=O)O)C(C)(C)C. The predicted molar refractivity (Wildman–Crippen MR) is 73.3 cm³/mol. The molecule has 1 atom stereocenters. The van der Waals surface area contributed by atoms with Gasteiger partial charge >= 0.3 is 18.0 Å². The lowest BCUT2D eigenvalue weighted by Gasteiger charge is -2.37. The van der Waals surface area contributed by atoms with Crippen molar-refractivity contribution < 1.29 is 24.2 Å². The molecule has 0 spiro atoms. The average Bonchev–Trinajstić information content (AvgIpc) is 2.32. The third kappa shape index (κ3) is 5.46. The summed E-state index contributed by atoms with van der Waals surface area (Å²) < 4.78 is 4.60. The highest BCUT2D eigenvalue weighted by molar-refractivity contribution is 5.81. The van der Waals surface area contributed by atoms with Gasteiger partial charge in [0.1, 0.15) is 6.54 Å². The van der Waals surface area contributed by atoms with Crippen LogP contribution in [0.2, 0.25) is 0 Å². The second kappa shape index (κ2) is 7.12. The molecule has 0 saturated heterocycles. The number of carbonyl (C=O) groups is 3. The summed E-state index contributed by atoms with van der Waals surface area (Å²) in [5.74, 6) is -1.96. The molecule has 0 aromatic carbocycles. The Bertz CT molecular complexity index is 375. The van der Waals surface area contributed by atoms with Gasteiger partial charge in [-0.15, -0.1) is 0 Å². The van der Waals surface area contributed by atoms with Gasteiger partial charge in [-0.05, 0) is 20.8 Å². The third-order valence-corrected chi connectivity index (χ3v) is 2.81. The van der Waals surface area contributed by atoms with Gasteiger partial charge < -0.3 is 19.6 Å². The van der Waals surface area contributed by atoms with Crippen LogP contribution in [0.3, 0.4) is 0 Å². The van der Waals surface area contributed by atoms with Gasteiger partial charge in [-0.3, -0.25) is 9.59 Å². The number of ether oxygens (including phenoxy) is 1. The normalized spacial score (nSPS) is 12.5. The highest BCUT2D eigenvalue weighted by Gasteiger charge is 2.31. The van der Waals surface area contributed by atoms with Crippen LogP contribution in [-0.2, 0) is 14.3 Å². The van der Waals surface area contributed by atoms with E-state index in [4.69, 9.17) is 5.11 Å². The zero-order valence-electron chi connectivity index (χ0n) is 13.0.